The van der Waals surface area contributed by atoms with Crippen molar-refractivity contribution < 1.29 is 14.3 Å². The zero-order chi connectivity index (χ0) is 14.6. The summed E-state index contributed by atoms with van der Waals surface area (Å²) in [6.07, 6.45) is 2.99. The molecule has 0 saturated carbocycles. The van der Waals surface area contributed by atoms with Gasteiger partial charge >= 0.3 is 12.0 Å². The Kier molecular flexibility index (Phi) is 7.87. The molecule has 0 atom stereocenters. The largest absolute Gasteiger partial charge is 0.469 e. The molecule has 0 aliphatic carbocycles. The maximum atomic E-state index is 11.5. The van der Waals surface area contributed by atoms with Crippen molar-refractivity contribution in [1.29, 1.82) is 0 Å². The number of rotatable bonds is 8. The Morgan fingerprint density at radius 2 is 1.80 bits per heavy atom. The molecule has 0 radical (unpaired) electrons. The van der Waals surface area contributed by atoms with Gasteiger partial charge in [-0.25, -0.2) is 4.79 Å². The van der Waals surface area contributed by atoms with Crippen molar-refractivity contribution in [2.24, 2.45) is 0 Å². The highest BCUT2D eigenvalue weighted by Crippen LogP contribution is 2.00. The number of urea groups is 1. The summed E-state index contributed by atoms with van der Waals surface area (Å²) in [7, 11) is 1.39. The van der Waals surface area contributed by atoms with Gasteiger partial charge in [0.1, 0.15) is 0 Å². The van der Waals surface area contributed by atoms with Crippen molar-refractivity contribution in [3.8, 4) is 0 Å². The molecule has 20 heavy (non-hydrogen) atoms. The minimum absolute atomic E-state index is 0.165. The third kappa shape index (κ3) is 7.41. The second-order valence-corrected chi connectivity index (χ2v) is 4.48. The van der Waals surface area contributed by atoms with Crippen molar-refractivity contribution in [3.63, 3.8) is 0 Å². The smallest absolute Gasteiger partial charge is 0.315 e. The quantitative estimate of drug-likeness (QED) is 0.566. The molecular formula is C15H22N2O3. The van der Waals surface area contributed by atoms with E-state index in [2.05, 4.69) is 15.4 Å². The Morgan fingerprint density at radius 1 is 1.05 bits per heavy atom. The molecule has 0 spiro atoms. The van der Waals surface area contributed by atoms with Crippen LogP contribution in [0.4, 0.5) is 4.79 Å². The Balaban J connectivity index is 1.99. The number of benzene rings is 1. The number of hydrogen-bond donors (Lipinski definition) is 2. The summed E-state index contributed by atoms with van der Waals surface area (Å²) < 4.78 is 4.55. The van der Waals surface area contributed by atoms with Gasteiger partial charge in [0, 0.05) is 19.5 Å². The van der Waals surface area contributed by atoms with Crippen LogP contribution >= 0.6 is 0 Å². The molecule has 0 aliphatic heterocycles. The minimum Gasteiger partial charge on any atom is -0.469 e. The van der Waals surface area contributed by atoms with Gasteiger partial charge in [-0.05, 0) is 18.4 Å². The molecule has 1 aromatic rings. The van der Waals surface area contributed by atoms with E-state index in [1.54, 1.807) is 0 Å². The highest BCUT2D eigenvalue weighted by atomic mass is 16.5. The van der Waals surface area contributed by atoms with E-state index in [1.165, 1.54) is 7.11 Å². The molecule has 0 unspecified atom stereocenters. The van der Waals surface area contributed by atoms with Crippen LogP contribution in [0.15, 0.2) is 30.3 Å². The third-order valence-corrected chi connectivity index (χ3v) is 2.87. The molecule has 110 valence electrons. The lowest BCUT2D eigenvalue weighted by molar-refractivity contribution is -0.140. The van der Waals surface area contributed by atoms with Crippen LogP contribution in [0.1, 0.15) is 31.2 Å². The van der Waals surface area contributed by atoms with Gasteiger partial charge in [0.25, 0.3) is 0 Å². The van der Waals surface area contributed by atoms with Crippen LogP contribution in [-0.4, -0.2) is 25.7 Å². The van der Waals surface area contributed by atoms with Gasteiger partial charge in [0.05, 0.1) is 7.11 Å². The van der Waals surface area contributed by atoms with Crippen molar-refractivity contribution in [2.45, 2.75) is 32.2 Å². The number of carbonyl (C=O) groups excluding carboxylic acids is 2. The summed E-state index contributed by atoms with van der Waals surface area (Å²) in [5, 5.41) is 5.58. The standard InChI is InChI=1S/C15H22N2O3/c1-20-14(18)10-6-3-7-11-16-15(19)17-12-13-8-4-2-5-9-13/h2,4-5,8-9H,3,6-7,10-12H2,1H3,(H2,16,17,19). The van der Waals surface area contributed by atoms with Crippen LogP contribution in [0.5, 0.6) is 0 Å². The Hall–Kier alpha value is -2.04. The Bertz CT molecular complexity index is 407. The van der Waals surface area contributed by atoms with Gasteiger partial charge in [0.2, 0.25) is 0 Å². The number of unbranched alkanes of at least 4 members (excludes halogenated alkanes) is 2. The van der Waals surface area contributed by atoms with Crippen LogP contribution in [-0.2, 0) is 16.1 Å². The summed E-state index contributed by atoms with van der Waals surface area (Å²) >= 11 is 0. The fraction of sp³-hybridized carbons (Fsp3) is 0.467. The van der Waals surface area contributed by atoms with Gasteiger partial charge in [0.15, 0.2) is 0 Å². The van der Waals surface area contributed by atoms with E-state index >= 15 is 0 Å². The summed E-state index contributed by atoms with van der Waals surface area (Å²) in [5.74, 6) is -0.182. The third-order valence-electron chi connectivity index (χ3n) is 2.87. The van der Waals surface area contributed by atoms with Gasteiger partial charge in [-0.15, -0.1) is 0 Å². The normalized spacial score (nSPS) is 9.85. The molecule has 5 nitrogen and oxygen atoms in total. The number of esters is 1. The molecule has 2 N–H and O–H groups in total. The molecule has 0 fully saturated rings. The van der Waals surface area contributed by atoms with Gasteiger partial charge in [-0.1, -0.05) is 36.8 Å². The summed E-state index contributed by atoms with van der Waals surface area (Å²) in [6, 6.07) is 9.59. The fourth-order valence-electron chi connectivity index (χ4n) is 1.72. The average Bonchev–Trinajstić information content (AvgIpc) is 2.49. The minimum atomic E-state index is -0.182. The lowest BCUT2D eigenvalue weighted by Gasteiger charge is -2.07. The lowest BCUT2D eigenvalue weighted by Crippen LogP contribution is -2.35. The average molecular weight is 278 g/mol. The molecular weight excluding hydrogens is 256 g/mol. The maximum absolute atomic E-state index is 11.5. The number of ether oxygens (including phenoxy) is 1. The predicted molar refractivity (Wildman–Crippen MR) is 77.2 cm³/mol. The van der Waals surface area contributed by atoms with Crippen LogP contribution in [0.3, 0.4) is 0 Å². The molecule has 1 rings (SSSR count). The van der Waals surface area contributed by atoms with E-state index in [-0.39, 0.29) is 12.0 Å². The van der Waals surface area contributed by atoms with E-state index in [1.807, 2.05) is 30.3 Å². The van der Waals surface area contributed by atoms with Gasteiger partial charge < -0.3 is 15.4 Å². The fourth-order valence-corrected chi connectivity index (χ4v) is 1.72. The topological polar surface area (TPSA) is 67.4 Å². The molecule has 0 aromatic heterocycles. The van der Waals surface area contributed by atoms with Gasteiger partial charge in [-0.3, -0.25) is 4.79 Å². The second-order valence-electron chi connectivity index (χ2n) is 4.48. The van der Waals surface area contributed by atoms with Crippen molar-refractivity contribution in [1.82, 2.24) is 10.6 Å². The van der Waals surface area contributed by atoms with E-state index in [0.717, 1.165) is 24.8 Å². The van der Waals surface area contributed by atoms with E-state index < -0.39 is 0 Å². The van der Waals surface area contributed by atoms with Crippen LogP contribution in [0.25, 0.3) is 0 Å². The Morgan fingerprint density at radius 3 is 2.50 bits per heavy atom. The molecule has 5 heteroatoms. The molecule has 0 bridgehead atoms. The molecule has 0 heterocycles. The first-order chi connectivity index (χ1) is 9.72. The second kappa shape index (κ2) is 9.83. The van der Waals surface area contributed by atoms with E-state index in [9.17, 15) is 9.59 Å². The lowest BCUT2D eigenvalue weighted by atomic mass is 10.2. The zero-order valence-corrected chi connectivity index (χ0v) is 11.9. The first-order valence-electron chi connectivity index (χ1n) is 6.85. The van der Waals surface area contributed by atoms with E-state index in [0.29, 0.717) is 19.5 Å². The summed E-state index contributed by atoms with van der Waals surface area (Å²) in [5.41, 5.74) is 1.07. The Labute approximate surface area is 119 Å². The number of hydrogen-bond acceptors (Lipinski definition) is 3. The van der Waals surface area contributed by atoms with Gasteiger partial charge in [-0.2, -0.15) is 0 Å². The number of methoxy groups -OCH3 is 1. The number of carbonyl (C=O) groups is 2. The number of nitrogens with one attached hydrogen (secondary N) is 2. The highest BCUT2D eigenvalue weighted by molar-refractivity contribution is 5.73. The molecule has 0 saturated heterocycles. The van der Waals surface area contributed by atoms with Crippen LogP contribution < -0.4 is 10.6 Å². The first-order valence-corrected chi connectivity index (χ1v) is 6.85. The first kappa shape index (κ1) is 16.0. The zero-order valence-electron chi connectivity index (χ0n) is 11.9. The van der Waals surface area contributed by atoms with E-state index in [4.69, 9.17) is 0 Å². The van der Waals surface area contributed by atoms with Crippen molar-refractivity contribution in [2.75, 3.05) is 13.7 Å². The van der Waals surface area contributed by atoms with Crippen LogP contribution in [0.2, 0.25) is 0 Å². The molecule has 2 amide bonds. The van der Waals surface area contributed by atoms with Crippen molar-refractivity contribution in [3.05, 3.63) is 35.9 Å². The molecule has 0 aliphatic rings. The molecule has 1 aromatic carbocycles. The summed E-state index contributed by atoms with van der Waals surface area (Å²) in [4.78, 5) is 22.4. The SMILES string of the molecule is COC(=O)CCCCCNC(=O)NCc1ccccc1. The maximum Gasteiger partial charge on any atom is 0.315 e. The van der Waals surface area contributed by atoms with Crippen LogP contribution in [0, 0.1) is 0 Å². The number of amides is 2. The highest BCUT2D eigenvalue weighted by Gasteiger charge is 2.01. The van der Waals surface area contributed by atoms with Crippen molar-refractivity contribution >= 4 is 12.0 Å². The summed E-state index contributed by atoms with van der Waals surface area (Å²) in [6.45, 7) is 1.14. The monoisotopic (exact) mass is 278 g/mol. The predicted octanol–water partition coefficient (Wildman–Crippen LogP) is 2.22.